The smallest absolute Gasteiger partial charge is 0.338 e. The molecule has 3 rings (SSSR count). The molecule has 0 atom stereocenters. The molecular weight excluding hydrogens is 386 g/mol. The van der Waals surface area contributed by atoms with E-state index in [0.29, 0.717) is 31.2 Å². The molecule has 1 saturated heterocycles. The van der Waals surface area contributed by atoms with Crippen LogP contribution in [-0.4, -0.2) is 54.5 Å². The van der Waals surface area contributed by atoms with E-state index in [1.165, 1.54) is 18.2 Å². The number of carbonyl (C=O) groups excluding carboxylic acids is 2. The van der Waals surface area contributed by atoms with Crippen LogP contribution in [0.3, 0.4) is 0 Å². The van der Waals surface area contributed by atoms with Crippen molar-refractivity contribution in [2.45, 2.75) is 0 Å². The van der Waals surface area contributed by atoms with Crippen molar-refractivity contribution in [3.05, 3.63) is 69.2 Å². The molecule has 28 heavy (non-hydrogen) atoms. The van der Waals surface area contributed by atoms with E-state index in [9.17, 15) is 19.7 Å². The predicted octanol–water partition coefficient (Wildman–Crippen LogP) is 2.75. The van der Waals surface area contributed by atoms with Crippen LogP contribution in [0.5, 0.6) is 0 Å². The van der Waals surface area contributed by atoms with Gasteiger partial charge in [0.15, 0.2) is 6.61 Å². The highest BCUT2D eigenvalue weighted by Gasteiger charge is 2.23. The molecule has 0 bridgehead atoms. The van der Waals surface area contributed by atoms with Crippen molar-refractivity contribution >= 4 is 34.9 Å². The summed E-state index contributed by atoms with van der Waals surface area (Å²) in [7, 11) is 0. The molecule has 0 unspecified atom stereocenters. The molecule has 0 spiro atoms. The molecule has 146 valence electrons. The Bertz CT molecular complexity index is 897. The fourth-order valence-corrected chi connectivity index (χ4v) is 3.21. The summed E-state index contributed by atoms with van der Waals surface area (Å²) in [6.07, 6.45) is 0. The Labute approximate surface area is 166 Å². The van der Waals surface area contributed by atoms with E-state index >= 15 is 0 Å². The summed E-state index contributed by atoms with van der Waals surface area (Å²) in [4.78, 5) is 38.3. The fourth-order valence-electron chi connectivity index (χ4n) is 2.95. The van der Waals surface area contributed by atoms with Gasteiger partial charge in [0, 0.05) is 38.3 Å². The lowest BCUT2D eigenvalue weighted by atomic mass is 10.2. The van der Waals surface area contributed by atoms with Gasteiger partial charge in [-0.1, -0.05) is 29.8 Å². The maximum absolute atomic E-state index is 12.3. The number of nitrogens with zero attached hydrogens (tertiary/aromatic N) is 3. The SMILES string of the molecule is O=C(OCC(=O)N1CCN(c2ccccc2Cl)CC1)c1cccc([N+](=O)[O-])c1. The third kappa shape index (κ3) is 4.58. The molecular formula is C19H18ClN3O5. The third-order valence-corrected chi connectivity index (χ3v) is 4.76. The van der Waals surface area contributed by atoms with Crippen molar-refractivity contribution in [1.82, 2.24) is 4.90 Å². The second-order valence-corrected chi connectivity index (χ2v) is 6.61. The van der Waals surface area contributed by atoms with Crippen LogP contribution in [0, 0.1) is 10.1 Å². The number of halogens is 1. The number of hydrogen-bond donors (Lipinski definition) is 0. The molecule has 1 fully saturated rings. The van der Waals surface area contributed by atoms with E-state index in [-0.39, 0.29) is 17.2 Å². The summed E-state index contributed by atoms with van der Waals surface area (Å²) in [5.41, 5.74) is 0.746. The molecule has 0 aliphatic carbocycles. The summed E-state index contributed by atoms with van der Waals surface area (Å²) in [5.74, 6) is -1.08. The van der Waals surface area contributed by atoms with E-state index in [0.717, 1.165) is 11.8 Å². The number of nitro benzene ring substituents is 1. The number of carbonyl (C=O) groups is 2. The Kier molecular flexibility index (Phi) is 6.10. The molecule has 1 heterocycles. The number of nitro groups is 1. The highest BCUT2D eigenvalue weighted by Crippen LogP contribution is 2.26. The van der Waals surface area contributed by atoms with Gasteiger partial charge in [0.1, 0.15) is 0 Å². The quantitative estimate of drug-likeness (QED) is 0.433. The van der Waals surface area contributed by atoms with Crippen LogP contribution in [-0.2, 0) is 9.53 Å². The average Bonchev–Trinajstić information content (AvgIpc) is 2.72. The Morgan fingerprint density at radius 2 is 1.79 bits per heavy atom. The van der Waals surface area contributed by atoms with Crippen molar-refractivity contribution in [1.29, 1.82) is 0 Å². The maximum Gasteiger partial charge on any atom is 0.338 e. The Morgan fingerprint density at radius 1 is 1.07 bits per heavy atom. The van der Waals surface area contributed by atoms with Crippen LogP contribution in [0.2, 0.25) is 5.02 Å². The van der Waals surface area contributed by atoms with Crippen molar-refractivity contribution in [2.24, 2.45) is 0 Å². The summed E-state index contributed by atoms with van der Waals surface area (Å²) in [5, 5.41) is 11.4. The number of rotatable bonds is 5. The fraction of sp³-hybridized carbons (Fsp3) is 0.263. The topological polar surface area (TPSA) is 93.0 Å². The van der Waals surface area contributed by atoms with Gasteiger partial charge >= 0.3 is 5.97 Å². The molecule has 0 N–H and O–H groups in total. The maximum atomic E-state index is 12.3. The molecule has 2 aromatic carbocycles. The largest absolute Gasteiger partial charge is 0.452 e. The van der Waals surface area contributed by atoms with E-state index in [1.807, 2.05) is 24.3 Å². The lowest BCUT2D eigenvalue weighted by molar-refractivity contribution is -0.384. The molecule has 1 aliphatic rings. The number of ether oxygens (including phenoxy) is 1. The van der Waals surface area contributed by atoms with E-state index in [4.69, 9.17) is 16.3 Å². The monoisotopic (exact) mass is 403 g/mol. The number of para-hydroxylation sites is 1. The van der Waals surface area contributed by atoms with Crippen LogP contribution < -0.4 is 4.90 Å². The minimum atomic E-state index is -0.772. The second-order valence-electron chi connectivity index (χ2n) is 6.20. The Balaban J connectivity index is 1.51. The summed E-state index contributed by atoms with van der Waals surface area (Å²) in [6, 6.07) is 12.7. The molecule has 0 aromatic heterocycles. The van der Waals surface area contributed by atoms with Gasteiger partial charge in [0.25, 0.3) is 11.6 Å². The van der Waals surface area contributed by atoms with E-state index in [2.05, 4.69) is 4.90 Å². The third-order valence-electron chi connectivity index (χ3n) is 4.44. The van der Waals surface area contributed by atoms with Crippen LogP contribution >= 0.6 is 11.6 Å². The molecule has 0 saturated carbocycles. The number of piperazine rings is 1. The highest BCUT2D eigenvalue weighted by molar-refractivity contribution is 6.33. The van der Waals surface area contributed by atoms with E-state index in [1.54, 1.807) is 4.90 Å². The lowest BCUT2D eigenvalue weighted by Crippen LogP contribution is -2.50. The zero-order chi connectivity index (χ0) is 20.1. The summed E-state index contributed by atoms with van der Waals surface area (Å²) < 4.78 is 5.02. The lowest BCUT2D eigenvalue weighted by Gasteiger charge is -2.36. The second kappa shape index (κ2) is 8.71. The van der Waals surface area contributed by atoms with Gasteiger partial charge in [0.2, 0.25) is 0 Å². The molecule has 8 nitrogen and oxygen atoms in total. The van der Waals surface area contributed by atoms with Gasteiger partial charge in [-0.2, -0.15) is 0 Å². The zero-order valence-corrected chi connectivity index (χ0v) is 15.7. The van der Waals surface area contributed by atoms with Crippen molar-refractivity contribution in [3.63, 3.8) is 0 Å². The summed E-state index contributed by atoms with van der Waals surface area (Å²) >= 11 is 6.21. The first-order chi connectivity index (χ1) is 13.5. The minimum absolute atomic E-state index is 0.0329. The van der Waals surface area contributed by atoms with Crippen molar-refractivity contribution in [3.8, 4) is 0 Å². The van der Waals surface area contributed by atoms with Crippen molar-refractivity contribution < 1.29 is 19.2 Å². The first-order valence-corrected chi connectivity index (χ1v) is 9.02. The van der Waals surface area contributed by atoms with Gasteiger partial charge in [-0.15, -0.1) is 0 Å². The normalized spacial score (nSPS) is 13.9. The van der Waals surface area contributed by atoms with Crippen LogP contribution in [0.25, 0.3) is 0 Å². The first kappa shape index (κ1) is 19.6. The number of hydrogen-bond acceptors (Lipinski definition) is 6. The standard InChI is InChI=1S/C19H18ClN3O5/c20-16-6-1-2-7-17(16)21-8-10-22(11-9-21)18(24)13-28-19(25)14-4-3-5-15(12-14)23(26)27/h1-7,12H,8-11,13H2. The molecule has 9 heteroatoms. The number of anilines is 1. The molecule has 1 amide bonds. The number of esters is 1. The zero-order valence-electron chi connectivity index (χ0n) is 14.9. The Hall–Kier alpha value is -3.13. The average molecular weight is 404 g/mol. The predicted molar refractivity (Wildman–Crippen MR) is 104 cm³/mol. The highest BCUT2D eigenvalue weighted by atomic mass is 35.5. The number of amides is 1. The summed E-state index contributed by atoms with van der Waals surface area (Å²) in [6.45, 7) is 1.80. The van der Waals surface area contributed by atoms with Gasteiger partial charge in [-0.05, 0) is 18.2 Å². The number of non-ortho nitro benzene ring substituents is 1. The van der Waals surface area contributed by atoms with Gasteiger partial charge in [0.05, 0.1) is 21.2 Å². The van der Waals surface area contributed by atoms with Gasteiger partial charge < -0.3 is 14.5 Å². The van der Waals surface area contributed by atoms with Crippen LogP contribution in [0.15, 0.2) is 48.5 Å². The number of benzene rings is 2. The van der Waals surface area contributed by atoms with Gasteiger partial charge in [-0.3, -0.25) is 14.9 Å². The van der Waals surface area contributed by atoms with Crippen LogP contribution in [0.4, 0.5) is 11.4 Å². The minimum Gasteiger partial charge on any atom is -0.452 e. The van der Waals surface area contributed by atoms with Crippen LogP contribution in [0.1, 0.15) is 10.4 Å². The van der Waals surface area contributed by atoms with Crippen molar-refractivity contribution in [2.75, 3.05) is 37.7 Å². The van der Waals surface area contributed by atoms with Gasteiger partial charge in [-0.25, -0.2) is 4.79 Å². The molecule has 0 radical (unpaired) electrons. The Morgan fingerprint density at radius 3 is 2.46 bits per heavy atom. The van der Waals surface area contributed by atoms with E-state index < -0.39 is 17.5 Å². The molecule has 2 aromatic rings. The first-order valence-electron chi connectivity index (χ1n) is 8.64. The molecule has 1 aliphatic heterocycles.